The molecule has 0 atom stereocenters. The lowest BCUT2D eigenvalue weighted by molar-refractivity contribution is -0.116. The van der Waals surface area contributed by atoms with Crippen LogP contribution in [0.5, 0.6) is 0 Å². The quantitative estimate of drug-likeness (QED) is 0.837. The van der Waals surface area contributed by atoms with E-state index in [4.69, 9.17) is 0 Å². The fourth-order valence-electron chi connectivity index (χ4n) is 2.28. The average molecular weight is 375 g/mol. The van der Waals surface area contributed by atoms with Crippen molar-refractivity contribution in [3.8, 4) is 0 Å². The van der Waals surface area contributed by atoms with Crippen molar-refractivity contribution >= 4 is 33.2 Å². The zero-order valence-electron chi connectivity index (χ0n) is 15.0. The Kier molecular flexibility index (Phi) is 5.79. The number of rotatable bonds is 5. The van der Waals surface area contributed by atoms with Crippen LogP contribution < -0.4 is 14.9 Å². The SMILES string of the molecule is CNS(=O)(=O)c1ccc(C)c(C(=O)Nc2ccc(N(C)C(C)=O)cc2)c1. The Morgan fingerprint density at radius 2 is 1.65 bits per heavy atom. The highest BCUT2D eigenvalue weighted by atomic mass is 32.2. The number of nitrogens with zero attached hydrogens (tertiary/aromatic N) is 1. The topological polar surface area (TPSA) is 95.6 Å². The summed E-state index contributed by atoms with van der Waals surface area (Å²) in [6.07, 6.45) is 0. The van der Waals surface area contributed by atoms with Gasteiger partial charge in [-0.25, -0.2) is 13.1 Å². The molecular weight excluding hydrogens is 354 g/mol. The number of amides is 2. The fourth-order valence-corrected chi connectivity index (χ4v) is 3.04. The third-order valence-electron chi connectivity index (χ3n) is 4.02. The van der Waals surface area contributed by atoms with Gasteiger partial charge in [-0.2, -0.15) is 0 Å². The van der Waals surface area contributed by atoms with E-state index in [9.17, 15) is 18.0 Å². The predicted molar refractivity (Wildman–Crippen MR) is 101 cm³/mol. The Bertz CT molecular complexity index is 937. The van der Waals surface area contributed by atoms with Crippen LogP contribution in [-0.4, -0.2) is 34.3 Å². The van der Waals surface area contributed by atoms with Gasteiger partial charge in [-0.15, -0.1) is 0 Å². The maximum atomic E-state index is 12.5. The van der Waals surface area contributed by atoms with Crippen LogP contribution in [0.3, 0.4) is 0 Å². The predicted octanol–water partition coefficient (Wildman–Crippen LogP) is 2.14. The highest BCUT2D eigenvalue weighted by Gasteiger charge is 2.17. The van der Waals surface area contributed by atoms with Crippen molar-refractivity contribution in [3.63, 3.8) is 0 Å². The number of anilines is 2. The molecule has 0 aliphatic rings. The Balaban J connectivity index is 2.25. The lowest BCUT2D eigenvalue weighted by atomic mass is 10.1. The van der Waals surface area contributed by atoms with Crippen LogP contribution in [0.1, 0.15) is 22.8 Å². The number of carbonyl (C=O) groups is 2. The number of aryl methyl sites for hydroxylation is 1. The molecule has 2 amide bonds. The summed E-state index contributed by atoms with van der Waals surface area (Å²) in [5.41, 5.74) is 2.17. The first-order valence-electron chi connectivity index (χ1n) is 7.85. The molecule has 0 saturated heterocycles. The highest BCUT2D eigenvalue weighted by Crippen LogP contribution is 2.20. The second kappa shape index (κ2) is 7.67. The van der Waals surface area contributed by atoms with Gasteiger partial charge >= 0.3 is 0 Å². The van der Waals surface area contributed by atoms with Crippen LogP contribution >= 0.6 is 0 Å². The summed E-state index contributed by atoms with van der Waals surface area (Å²) in [4.78, 5) is 25.4. The van der Waals surface area contributed by atoms with Crippen molar-refractivity contribution < 1.29 is 18.0 Å². The number of nitrogens with one attached hydrogen (secondary N) is 2. The number of hydrogen-bond donors (Lipinski definition) is 2. The van der Waals surface area contributed by atoms with Crippen LogP contribution in [-0.2, 0) is 14.8 Å². The first kappa shape index (κ1) is 19.6. The van der Waals surface area contributed by atoms with Gasteiger partial charge in [0.25, 0.3) is 5.91 Å². The van der Waals surface area contributed by atoms with Gasteiger partial charge in [-0.05, 0) is 55.9 Å². The maximum Gasteiger partial charge on any atom is 0.255 e. The second-order valence-corrected chi connectivity index (χ2v) is 7.65. The third kappa shape index (κ3) is 4.27. The molecule has 0 fully saturated rings. The molecule has 2 rings (SSSR count). The summed E-state index contributed by atoms with van der Waals surface area (Å²) in [7, 11) is -0.661. The van der Waals surface area contributed by atoms with Crippen LogP contribution in [0.4, 0.5) is 11.4 Å². The van der Waals surface area contributed by atoms with E-state index >= 15 is 0 Å². The van der Waals surface area contributed by atoms with Crippen molar-refractivity contribution in [2.24, 2.45) is 0 Å². The van der Waals surface area contributed by atoms with Crippen molar-refractivity contribution in [1.82, 2.24) is 4.72 Å². The van der Waals surface area contributed by atoms with E-state index < -0.39 is 15.9 Å². The summed E-state index contributed by atoms with van der Waals surface area (Å²) in [5.74, 6) is -0.511. The molecule has 8 heteroatoms. The molecule has 0 aliphatic carbocycles. The monoisotopic (exact) mass is 375 g/mol. The van der Waals surface area contributed by atoms with Gasteiger partial charge in [-0.3, -0.25) is 9.59 Å². The molecular formula is C18H21N3O4S. The summed E-state index contributed by atoms with van der Waals surface area (Å²) in [6, 6.07) is 11.2. The minimum Gasteiger partial charge on any atom is -0.322 e. The molecule has 0 bridgehead atoms. The molecule has 0 aliphatic heterocycles. The van der Waals surface area contributed by atoms with Gasteiger partial charge in [-0.1, -0.05) is 6.07 Å². The molecule has 0 radical (unpaired) electrons. The van der Waals surface area contributed by atoms with Gasteiger partial charge in [0.1, 0.15) is 0 Å². The van der Waals surface area contributed by atoms with E-state index in [1.54, 1.807) is 44.3 Å². The van der Waals surface area contributed by atoms with Crippen molar-refractivity contribution in [1.29, 1.82) is 0 Å². The molecule has 2 N–H and O–H groups in total. The van der Waals surface area contributed by atoms with Gasteiger partial charge in [0.05, 0.1) is 4.90 Å². The molecule has 0 saturated carbocycles. The summed E-state index contributed by atoms with van der Waals surface area (Å²) in [5, 5.41) is 2.73. The van der Waals surface area contributed by atoms with E-state index in [1.165, 1.54) is 31.0 Å². The first-order chi connectivity index (χ1) is 12.2. The lowest BCUT2D eigenvalue weighted by Gasteiger charge is -2.15. The highest BCUT2D eigenvalue weighted by molar-refractivity contribution is 7.89. The summed E-state index contributed by atoms with van der Waals surface area (Å²) in [6.45, 7) is 3.19. The number of hydrogen-bond acceptors (Lipinski definition) is 4. The third-order valence-corrected chi connectivity index (χ3v) is 5.43. The number of carbonyl (C=O) groups excluding carboxylic acids is 2. The first-order valence-corrected chi connectivity index (χ1v) is 9.34. The van der Waals surface area contributed by atoms with Crippen LogP contribution in [0.25, 0.3) is 0 Å². The Morgan fingerprint density at radius 3 is 2.19 bits per heavy atom. The molecule has 2 aromatic rings. The standard InChI is InChI=1S/C18H21N3O4S/c1-12-5-10-16(26(24,25)19-3)11-17(12)18(23)20-14-6-8-15(9-7-14)21(4)13(2)22/h5-11,19H,1-4H3,(H,20,23). The molecule has 0 aromatic heterocycles. The van der Waals surface area contributed by atoms with Crippen LogP contribution in [0.2, 0.25) is 0 Å². The Morgan fingerprint density at radius 1 is 1.04 bits per heavy atom. The summed E-state index contributed by atoms with van der Waals surface area (Å²) >= 11 is 0. The van der Waals surface area contributed by atoms with Crippen LogP contribution in [0.15, 0.2) is 47.4 Å². The van der Waals surface area contributed by atoms with Gasteiger partial charge in [0.15, 0.2) is 0 Å². The lowest BCUT2D eigenvalue weighted by Crippen LogP contribution is -2.22. The molecule has 0 spiro atoms. The minimum absolute atomic E-state index is 0.0224. The number of sulfonamides is 1. The van der Waals surface area contributed by atoms with Crippen molar-refractivity contribution in [3.05, 3.63) is 53.6 Å². The molecule has 7 nitrogen and oxygen atoms in total. The fraction of sp³-hybridized carbons (Fsp3) is 0.222. The van der Waals surface area contributed by atoms with Crippen LogP contribution in [0, 0.1) is 6.92 Å². The Labute approximate surface area is 153 Å². The van der Waals surface area contributed by atoms with Gasteiger partial charge in [0, 0.05) is 30.9 Å². The molecule has 26 heavy (non-hydrogen) atoms. The second-order valence-electron chi connectivity index (χ2n) is 5.76. The largest absolute Gasteiger partial charge is 0.322 e. The smallest absolute Gasteiger partial charge is 0.255 e. The van der Waals surface area contributed by atoms with E-state index in [2.05, 4.69) is 10.0 Å². The van der Waals surface area contributed by atoms with Gasteiger partial charge in [0.2, 0.25) is 15.9 Å². The van der Waals surface area contributed by atoms with E-state index in [-0.39, 0.29) is 16.4 Å². The van der Waals surface area contributed by atoms with Crippen molar-refractivity contribution in [2.45, 2.75) is 18.7 Å². The molecule has 0 heterocycles. The molecule has 138 valence electrons. The molecule has 0 unspecified atom stereocenters. The minimum atomic E-state index is -3.63. The summed E-state index contributed by atoms with van der Waals surface area (Å²) < 4.78 is 26.1. The van der Waals surface area contributed by atoms with E-state index in [0.29, 0.717) is 16.9 Å². The van der Waals surface area contributed by atoms with E-state index in [1.807, 2.05) is 0 Å². The number of benzene rings is 2. The maximum absolute atomic E-state index is 12.5. The zero-order valence-corrected chi connectivity index (χ0v) is 15.8. The Hall–Kier alpha value is -2.71. The van der Waals surface area contributed by atoms with Gasteiger partial charge < -0.3 is 10.2 Å². The normalized spacial score (nSPS) is 11.1. The average Bonchev–Trinajstić information content (AvgIpc) is 2.61. The van der Waals surface area contributed by atoms with Crippen molar-refractivity contribution in [2.75, 3.05) is 24.3 Å². The molecule has 2 aromatic carbocycles. The van der Waals surface area contributed by atoms with E-state index in [0.717, 1.165) is 0 Å². The zero-order chi connectivity index (χ0) is 19.5.